The Morgan fingerprint density at radius 1 is 0.685 bits per heavy atom. The zero-order valence-corrected chi connectivity index (χ0v) is 31.5. The fourth-order valence-corrected chi connectivity index (χ4v) is 8.76. The van der Waals surface area contributed by atoms with Crippen LogP contribution in [0.4, 0.5) is 0 Å². The number of ether oxygens (including phenoxy) is 2. The van der Waals surface area contributed by atoms with E-state index in [1.54, 1.807) is 0 Å². The van der Waals surface area contributed by atoms with Crippen LogP contribution in [0.25, 0.3) is 0 Å². The number of hydrogen-bond donors (Lipinski definition) is 14. The molecular weight excluding hydrogens is 761 g/mol. The van der Waals surface area contributed by atoms with E-state index < -0.39 is 120 Å². The molecule has 18 N–H and O–H groups in total. The molecule has 0 spiro atoms. The minimum Gasteiger partial charge on any atom is -0.478 e. The van der Waals surface area contributed by atoms with Gasteiger partial charge in [0.15, 0.2) is 11.9 Å². The molecule has 0 radical (unpaired) electrons. The number of aliphatic imine (C=N–C) groups is 2. The summed E-state index contributed by atoms with van der Waals surface area (Å²) in [5.74, 6) is -4.44. The lowest BCUT2D eigenvalue weighted by atomic mass is 9.88. The normalized spacial score (nSPS) is 30.5. The Balaban J connectivity index is 2.15. The topological polar surface area (TPSA) is 401 Å². The highest BCUT2D eigenvalue weighted by Gasteiger charge is 2.57. The van der Waals surface area contributed by atoms with E-state index in [1.165, 1.54) is 13.8 Å². The Morgan fingerprint density at radius 3 is 1.28 bits per heavy atom. The summed E-state index contributed by atoms with van der Waals surface area (Å²) in [6.45, 7) is 0.561. The molecule has 2 rings (SSSR count). The number of rotatable bonds is 21. The Kier molecular flexibility index (Phi) is 18.4. The van der Waals surface area contributed by atoms with Gasteiger partial charge in [-0.1, -0.05) is 12.8 Å². The first-order valence-corrected chi connectivity index (χ1v) is 19.0. The smallest absolute Gasteiger partial charge is 0.346 e. The summed E-state index contributed by atoms with van der Waals surface area (Å²) in [6.07, 6.45) is -8.98. The first-order chi connectivity index (χ1) is 25.2. The molecule has 310 valence electrons. The van der Waals surface area contributed by atoms with Crippen LogP contribution in [0.3, 0.4) is 0 Å². The predicted octanol–water partition coefficient (Wildman–Crippen LogP) is -5.13. The highest BCUT2D eigenvalue weighted by atomic mass is 32.2. The van der Waals surface area contributed by atoms with E-state index in [2.05, 4.69) is 20.6 Å². The van der Waals surface area contributed by atoms with Gasteiger partial charge < -0.3 is 83.9 Å². The second kappa shape index (κ2) is 21.2. The number of nitrogens with zero attached hydrogens (tertiary/aromatic N) is 2. The van der Waals surface area contributed by atoms with Crippen LogP contribution in [-0.4, -0.2) is 172 Å². The highest BCUT2D eigenvalue weighted by molar-refractivity contribution is 8.01. The number of nitrogens with one attached hydrogen (secondary N) is 2. The second-order valence-corrected chi connectivity index (χ2v) is 15.7. The number of hydrogen-bond acceptors (Lipinski definition) is 16. The third-order valence-corrected chi connectivity index (χ3v) is 11.5. The maximum absolute atomic E-state index is 12.7. The van der Waals surface area contributed by atoms with E-state index in [0.717, 1.165) is 23.5 Å². The van der Waals surface area contributed by atoms with Gasteiger partial charge in [0.2, 0.25) is 21.7 Å². The Bertz CT molecular complexity index is 1250. The SMILES string of the molecule is CC(=O)N[C@H]1[C@H]([C@@H](O)[C@H](O)CO)O[C@@](SCCCCCCS[C@]2(C(=O)O)C[C@H](N=C(N)N)[C@@H](NC(C)=O)[C@H]([C@@H](O)[C@H](O)CO)O2)(C(=O)O)C[C@@H]1N=C(N)N. The summed E-state index contributed by atoms with van der Waals surface area (Å²) in [5.41, 5.74) is 22.4. The summed E-state index contributed by atoms with van der Waals surface area (Å²) in [4.78, 5) is 53.4. The number of aliphatic hydroxyl groups excluding tert-OH is 6. The molecule has 0 bridgehead atoms. The van der Waals surface area contributed by atoms with Gasteiger partial charge in [-0.15, -0.1) is 23.5 Å². The fourth-order valence-electron chi connectivity index (χ4n) is 6.22. The monoisotopic (exact) mass is 814 g/mol. The summed E-state index contributed by atoms with van der Waals surface area (Å²) in [6, 6.07) is -4.54. The van der Waals surface area contributed by atoms with Crippen molar-refractivity contribution in [2.45, 2.75) is 123 Å². The van der Waals surface area contributed by atoms with Gasteiger partial charge in [-0.3, -0.25) is 9.59 Å². The van der Waals surface area contributed by atoms with Crippen LogP contribution in [0.2, 0.25) is 0 Å². The number of carboxylic acids is 2. The van der Waals surface area contributed by atoms with E-state index in [9.17, 15) is 60.0 Å². The van der Waals surface area contributed by atoms with Crippen LogP contribution in [-0.2, 0) is 28.7 Å². The summed E-state index contributed by atoms with van der Waals surface area (Å²) < 4.78 is 11.8. The van der Waals surface area contributed by atoms with Gasteiger partial charge in [0.25, 0.3) is 0 Å². The fraction of sp³-hybridized carbons (Fsp3) is 0.800. The minimum atomic E-state index is -2.03. The summed E-state index contributed by atoms with van der Waals surface area (Å²) >= 11 is 1.77. The van der Waals surface area contributed by atoms with Crippen LogP contribution in [0.1, 0.15) is 52.4 Å². The van der Waals surface area contributed by atoms with Gasteiger partial charge in [0, 0.05) is 26.7 Å². The molecule has 2 saturated heterocycles. The van der Waals surface area contributed by atoms with Gasteiger partial charge in [0.05, 0.1) is 37.4 Å². The summed E-state index contributed by atoms with van der Waals surface area (Å²) in [7, 11) is 0. The molecule has 0 aromatic carbocycles. The number of guanidine groups is 2. The molecule has 2 fully saturated rings. The molecule has 12 atom stereocenters. The first kappa shape index (κ1) is 47.0. The van der Waals surface area contributed by atoms with E-state index in [1.807, 2.05) is 0 Å². The number of aliphatic hydroxyl groups is 6. The Morgan fingerprint density at radius 2 is 1.02 bits per heavy atom. The van der Waals surface area contributed by atoms with Crippen molar-refractivity contribution in [2.24, 2.45) is 32.9 Å². The van der Waals surface area contributed by atoms with Gasteiger partial charge in [0.1, 0.15) is 36.6 Å². The van der Waals surface area contributed by atoms with E-state index in [-0.39, 0.29) is 24.3 Å². The molecule has 2 amide bonds. The van der Waals surface area contributed by atoms with Crippen LogP contribution in [0, 0.1) is 0 Å². The molecule has 2 heterocycles. The predicted molar refractivity (Wildman–Crippen MR) is 196 cm³/mol. The average molecular weight is 815 g/mol. The van der Waals surface area contributed by atoms with Crippen molar-refractivity contribution in [3.05, 3.63) is 0 Å². The zero-order chi connectivity index (χ0) is 41.0. The third-order valence-electron chi connectivity index (χ3n) is 8.71. The van der Waals surface area contributed by atoms with Gasteiger partial charge >= 0.3 is 11.9 Å². The average Bonchev–Trinajstić information content (AvgIpc) is 3.08. The standard InChI is InChI=1S/C30H54N8O14S2/c1-13(41)35-19-15(37-27(31)32)9-29(25(47)48,51-23(19)21(45)17(43)11-39)53-7-5-3-4-6-8-54-30(26(49)50)10-16(38-28(33)34)20(36-14(2)42)24(52-30)22(46)18(44)12-40/h15-24,39-40,43-46H,3-12H2,1-2H3,(H,35,41)(H,36,42)(H,47,48)(H,49,50)(H4,31,32,37)(H4,33,34,38)/t15-,16-,17+,18+,19+,20+,21-,22-,23+,24+,29-,30-/m0/s1. The van der Waals surface area contributed by atoms with E-state index in [4.69, 9.17) is 32.4 Å². The molecule has 0 aromatic rings. The van der Waals surface area contributed by atoms with Crippen molar-refractivity contribution in [1.29, 1.82) is 0 Å². The molecule has 0 aliphatic carbocycles. The van der Waals surface area contributed by atoms with Gasteiger partial charge in [-0.25, -0.2) is 19.6 Å². The van der Waals surface area contributed by atoms with E-state index >= 15 is 0 Å². The van der Waals surface area contributed by atoms with Gasteiger partial charge in [-0.2, -0.15) is 0 Å². The molecule has 2 aliphatic rings. The summed E-state index contributed by atoms with van der Waals surface area (Å²) in [5, 5.41) is 86.5. The molecule has 2 aliphatic heterocycles. The number of amides is 2. The molecule has 0 aromatic heterocycles. The molecular formula is C30H54N8O14S2. The van der Waals surface area contributed by atoms with Crippen molar-refractivity contribution in [2.75, 3.05) is 24.7 Å². The number of carboxylic acid groups (broad SMARTS) is 2. The molecule has 22 nitrogen and oxygen atoms in total. The number of carbonyl (C=O) groups excluding carboxylic acids is 2. The lowest BCUT2D eigenvalue weighted by molar-refractivity contribution is -0.191. The number of nitrogens with two attached hydrogens (primary N) is 4. The van der Waals surface area contributed by atoms with Crippen LogP contribution in [0.15, 0.2) is 9.98 Å². The van der Waals surface area contributed by atoms with Crippen molar-refractivity contribution < 1.29 is 69.5 Å². The van der Waals surface area contributed by atoms with Crippen LogP contribution >= 0.6 is 23.5 Å². The van der Waals surface area contributed by atoms with E-state index in [0.29, 0.717) is 25.7 Å². The second-order valence-electron chi connectivity index (χ2n) is 13.0. The zero-order valence-electron chi connectivity index (χ0n) is 29.9. The van der Waals surface area contributed by atoms with Crippen molar-refractivity contribution in [3.63, 3.8) is 0 Å². The Labute approximate surface area is 319 Å². The number of aliphatic carboxylic acids is 2. The first-order valence-electron chi connectivity index (χ1n) is 17.0. The van der Waals surface area contributed by atoms with Crippen molar-refractivity contribution >= 4 is 59.2 Å². The van der Waals surface area contributed by atoms with Crippen LogP contribution < -0.4 is 33.6 Å². The number of thioether (sulfide) groups is 2. The van der Waals surface area contributed by atoms with Gasteiger partial charge in [-0.05, 0) is 24.3 Å². The number of carbonyl (C=O) groups is 4. The molecule has 0 saturated carbocycles. The Hall–Kier alpha value is -3.20. The molecule has 24 heteroatoms. The minimum absolute atomic E-state index is 0.212. The lowest BCUT2D eigenvalue weighted by Gasteiger charge is -2.47. The molecule has 0 unspecified atom stereocenters. The largest absolute Gasteiger partial charge is 0.478 e. The maximum Gasteiger partial charge on any atom is 0.346 e. The van der Waals surface area contributed by atoms with Crippen molar-refractivity contribution in [1.82, 2.24) is 10.6 Å². The van der Waals surface area contributed by atoms with Crippen LogP contribution in [0.5, 0.6) is 0 Å². The third kappa shape index (κ3) is 12.7. The maximum atomic E-state index is 12.7. The lowest BCUT2D eigenvalue weighted by Crippen LogP contribution is -2.66. The quantitative estimate of drug-likeness (QED) is 0.0293. The highest BCUT2D eigenvalue weighted by Crippen LogP contribution is 2.43. The number of unbranched alkanes of at least 4 members (excludes halogenated alkanes) is 3. The van der Waals surface area contributed by atoms with Crippen molar-refractivity contribution in [3.8, 4) is 0 Å². The molecule has 54 heavy (non-hydrogen) atoms.